The first kappa shape index (κ1) is 14.5. The highest BCUT2D eigenvalue weighted by Crippen LogP contribution is 2.28. The largest absolute Gasteiger partial charge is 0.295 e. The third-order valence-corrected chi connectivity index (χ3v) is 3.76. The number of nitro groups is 1. The molecule has 2 rings (SSSR count). The molecule has 0 aliphatic heterocycles. The second kappa shape index (κ2) is 5.58. The highest BCUT2D eigenvalue weighted by molar-refractivity contribution is 6.20. The van der Waals surface area contributed by atoms with Gasteiger partial charge in [0, 0.05) is 6.07 Å². The Morgan fingerprint density at radius 1 is 1.40 bits per heavy atom. The van der Waals surface area contributed by atoms with Crippen molar-refractivity contribution in [3.05, 3.63) is 45.3 Å². The maximum Gasteiger partial charge on any atom is 0.295 e. The number of nitro benzene ring substituents is 1. The predicted octanol–water partition coefficient (Wildman–Crippen LogP) is 3.48. The molecule has 0 aliphatic carbocycles. The van der Waals surface area contributed by atoms with Crippen LogP contribution in [0.4, 0.5) is 5.69 Å². The van der Waals surface area contributed by atoms with Gasteiger partial charge in [-0.3, -0.25) is 10.1 Å². The standard InChI is InChI=1S/C13H15ClN4O2/c1-4-10(14)11-7-17(16-15-11)12-5-8(2)9(3)6-13(12)18(19)20/h5-7,10H,4H2,1-3H3. The van der Waals surface area contributed by atoms with Crippen molar-refractivity contribution in [3.8, 4) is 5.69 Å². The van der Waals surface area contributed by atoms with Gasteiger partial charge in [-0.15, -0.1) is 16.7 Å². The zero-order valence-corrected chi connectivity index (χ0v) is 12.3. The number of aryl methyl sites for hydroxylation is 2. The molecule has 1 unspecified atom stereocenters. The van der Waals surface area contributed by atoms with Crippen molar-refractivity contribution in [2.24, 2.45) is 0 Å². The van der Waals surface area contributed by atoms with Gasteiger partial charge in [0.05, 0.1) is 16.5 Å². The first-order chi connectivity index (χ1) is 9.43. The minimum atomic E-state index is -0.416. The van der Waals surface area contributed by atoms with Gasteiger partial charge in [-0.25, -0.2) is 4.68 Å². The topological polar surface area (TPSA) is 73.8 Å². The predicted molar refractivity (Wildman–Crippen MR) is 76.4 cm³/mol. The number of rotatable bonds is 4. The van der Waals surface area contributed by atoms with Crippen molar-refractivity contribution < 1.29 is 4.92 Å². The van der Waals surface area contributed by atoms with Crippen LogP contribution in [0.3, 0.4) is 0 Å². The summed E-state index contributed by atoms with van der Waals surface area (Å²) in [6.45, 7) is 5.68. The third-order valence-electron chi connectivity index (χ3n) is 3.22. The van der Waals surface area contributed by atoms with Gasteiger partial charge in [0.15, 0.2) is 0 Å². The Morgan fingerprint density at radius 2 is 2.05 bits per heavy atom. The Kier molecular flexibility index (Phi) is 4.04. The van der Waals surface area contributed by atoms with E-state index in [1.165, 1.54) is 4.68 Å². The van der Waals surface area contributed by atoms with Crippen LogP contribution in [0.25, 0.3) is 5.69 Å². The second-order valence-corrected chi connectivity index (χ2v) is 5.17. The molecule has 7 heteroatoms. The Labute approximate surface area is 121 Å². The zero-order valence-electron chi connectivity index (χ0n) is 11.5. The van der Waals surface area contributed by atoms with Gasteiger partial charge in [-0.2, -0.15) is 0 Å². The summed E-state index contributed by atoms with van der Waals surface area (Å²) < 4.78 is 1.41. The van der Waals surface area contributed by atoms with Gasteiger partial charge in [0.1, 0.15) is 11.4 Å². The van der Waals surface area contributed by atoms with Crippen LogP contribution in [0, 0.1) is 24.0 Å². The van der Waals surface area contributed by atoms with Crippen molar-refractivity contribution in [2.45, 2.75) is 32.6 Å². The van der Waals surface area contributed by atoms with Crippen molar-refractivity contribution in [1.29, 1.82) is 0 Å². The van der Waals surface area contributed by atoms with Gasteiger partial charge in [0.2, 0.25) is 0 Å². The molecule has 1 atom stereocenters. The molecule has 1 heterocycles. The molecule has 20 heavy (non-hydrogen) atoms. The van der Waals surface area contributed by atoms with Crippen molar-refractivity contribution >= 4 is 17.3 Å². The first-order valence-electron chi connectivity index (χ1n) is 6.26. The van der Waals surface area contributed by atoms with Crippen LogP contribution in [-0.2, 0) is 0 Å². The molecule has 0 bridgehead atoms. The van der Waals surface area contributed by atoms with Crippen LogP contribution in [0.2, 0.25) is 0 Å². The quantitative estimate of drug-likeness (QED) is 0.491. The Bertz CT molecular complexity index is 654. The fraction of sp³-hybridized carbons (Fsp3) is 0.385. The summed E-state index contributed by atoms with van der Waals surface area (Å²) in [6, 6.07) is 3.28. The molecule has 0 N–H and O–H groups in total. The van der Waals surface area contributed by atoms with E-state index in [1.54, 1.807) is 18.3 Å². The minimum Gasteiger partial charge on any atom is -0.258 e. The SMILES string of the molecule is CCC(Cl)c1cn(-c2cc(C)c(C)cc2[N+](=O)[O-])nn1. The lowest BCUT2D eigenvalue weighted by molar-refractivity contribution is -0.384. The summed E-state index contributed by atoms with van der Waals surface area (Å²) in [7, 11) is 0. The summed E-state index contributed by atoms with van der Waals surface area (Å²) in [6.07, 6.45) is 2.35. The Balaban J connectivity index is 2.54. The summed E-state index contributed by atoms with van der Waals surface area (Å²) in [5.41, 5.74) is 2.84. The van der Waals surface area contributed by atoms with Crippen molar-refractivity contribution in [3.63, 3.8) is 0 Å². The number of alkyl halides is 1. The monoisotopic (exact) mass is 294 g/mol. The molecule has 1 aromatic heterocycles. The normalized spacial score (nSPS) is 12.4. The van der Waals surface area contributed by atoms with Crippen LogP contribution in [0.5, 0.6) is 0 Å². The Hall–Kier alpha value is -1.95. The van der Waals surface area contributed by atoms with Crippen LogP contribution >= 0.6 is 11.6 Å². The highest BCUT2D eigenvalue weighted by Gasteiger charge is 2.19. The number of nitrogens with zero attached hydrogens (tertiary/aromatic N) is 4. The van der Waals surface area contributed by atoms with E-state index in [4.69, 9.17) is 11.6 Å². The molecule has 0 fully saturated rings. The average molecular weight is 295 g/mol. The van der Waals surface area contributed by atoms with E-state index in [0.29, 0.717) is 11.4 Å². The minimum absolute atomic E-state index is 0.00664. The van der Waals surface area contributed by atoms with Crippen LogP contribution < -0.4 is 0 Å². The van der Waals surface area contributed by atoms with Gasteiger partial charge in [-0.05, 0) is 37.5 Å². The molecule has 0 spiro atoms. The van der Waals surface area contributed by atoms with Crippen molar-refractivity contribution in [1.82, 2.24) is 15.0 Å². The number of hydrogen-bond donors (Lipinski definition) is 0. The van der Waals surface area contributed by atoms with Crippen LogP contribution in [-0.4, -0.2) is 19.9 Å². The van der Waals surface area contributed by atoms with Crippen LogP contribution in [0.15, 0.2) is 18.3 Å². The molecule has 0 aliphatic rings. The molecule has 1 aromatic carbocycles. The molecular formula is C13H15ClN4O2. The fourth-order valence-corrected chi connectivity index (χ4v) is 1.96. The van der Waals surface area contributed by atoms with E-state index in [0.717, 1.165) is 17.5 Å². The number of hydrogen-bond acceptors (Lipinski definition) is 4. The van der Waals surface area contributed by atoms with E-state index in [-0.39, 0.29) is 11.1 Å². The summed E-state index contributed by atoms with van der Waals surface area (Å²) in [4.78, 5) is 10.8. The summed E-state index contributed by atoms with van der Waals surface area (Å²) >= 11 is 6.10. The maximum absolute atomic E-state index is 11.2. The lowest BCUT2D eigenvalue weighted by Gasteiger charge is -2.06. The van der Waals surface area contributed by atoms with Crippen LogP contribution in [0.1, 0.15) is 35.5 Å². The number of benzene rings is 1. The van der Waals surface area contributed by atoms with Gasteiger partial charge < -0.3 is 0 Å². The highest BCUT2D eigenvalue weighted by atomic mass is 35.5. The van der Waals surface area contributed by atoms with E-state index in [9.17, 15) is 10.1 Å². The molecular weight excluding hydrogens is 280 g/mol. The molecule has 106 valence electrons. The molecule has 0 amide bonds. The van der Waals surface area contributed by atoms with Crippen molar-refractivity contribution in [2.75, 3.05) is 0 Å². The van der Waals surface area contributed by atoms with Gasteiger partial charge in [-0.1, -0.05) is 12.1 Å². The van der Waals surface area contributed by atoms with E-state index in [2.05, 4.69) is 10.3 Å². The number of aromatic nitrogens is 3. The molecule has 6 nitrogen and oxygen atoms in total. The van der Waals surface area contributed by atoms with E-state index in [1.807, 2.05) is 20.8 Å². The van der Waals surface area contributed by atoms with Gasteiger partial charge >= 0.3 is 0 Å². The van der Waals surface area contributed by atoms with Gasteiger partial charge in [0.25, 0.3) is 5.69 Å². The molecule has 2 aromatic rings. The fourth-order valence-electron chi connectivity index (χ4n) is 1.86. The smallest absolute Gasteiger partial charge is 0.258 e. The summed E-state index contributed by atoms with van der Waals surface area (Å²) in [5, 5.41) is 18.9. The lowest BCUT2D eigenvalue weighted by atomic mass is 10.1. The average Bonchev–Trinajstić information content (AvgIpc) is 2.89. The third kappa shape index (κ3) is 2.65. The van der Waals surface area contributed by atoms with E-state index < -0.39 is 4.92 Å². The molecule has 0 radical (unpaired) electrons. The summed E-state index contributed by atoms with van der Waals surface area (Å²) in [5.74, 6) is 0. The molecule has 0 saturated heterocycles. The zero-order chi connectivity index (χ0) is 14.9. The Morgan fingerprint density at radius 3 is 2.65 bits per heavy atom. The maximum atomic E-state index is 11.2. The second-order valence-electron chi connectivity index (χ2n) is 4.65. The number of halogens is 1. The van der Waals surface area contributed by atoms with E-state index >= 15 is 0 Å². The first-order valence-corrected chi connectivity index (χ1v) is 6.70. The molecule has 0 saturated carbocycles. The lowest BCUT2D eigenvalue weighted by Crippen LogP contribution is -2.02.